The molecular weight excluding hydrogens is 217 g/mol. The molecule has 1 aromatic rings. The van der Waals surface area contributed by atoms with Crippen molar-refractivity contribution in [2.75, 3.05) is 6.54 Å². The van der Waals surface area contributed by atoms with E-state index >= 15 is 0 Å². The fraction of sp³-hybridized carbons (Fsp3) is 0.571. The Morgan fingerprint density at radius 3 is 2.59 bits per heavy atom. The number of hydrogen-bond acceptors (Lipinski definition) is 2. The average molecular weight is 239 g/mol. The van der Waals surface area contributed by atoms with Gasteiger partial charge in [-0.3, -0.25) is 0 Å². The molecule has 96 valence electrons. The van der Waals surface area contributed by atoms with E-state index in [1.807, 2.05) is 0 Å². The van der Waals surface area contributed by atoms with Gasteiger partial charge >= 0.3 is 0 Å². The van der Waals surface area contributed by atoms with Crippen LogP contribution in [0.1, 0.15) is 37.8 Å². The predicted octanol–water partition coefficient (Wildman–Crippen LogP) is 2.72. The fourth-order valence-electron chi connectivity index (χ4n) is 2.12. The van der Waals surface area contributed by atoms with Crippen LogP contribution in [0.2, 0.25) is 0 Å². The monoisotopic (exact) mass is 239 g/mol. The largest absolute Gasteiger partial charge is 0.385 e. The van der Waals surface area contributed by atoms with Gasteiger partial charge in [0.15, 0.2) is 0 Å². The zero-order valence-corrected chi connectivity index (χ0v) is 10.8. The Kier molecular flexibility index (Phi) is 4.66. The zero-order chi connectivity index (χ0) is 13.1. The highest BCUT2D eigenvalue weighted by molar-refractivity contribution is 5.28. The lowest BCUT2D eigenvalue weighted by Gasteiger charge is -2.32. The first-order valence-electron chi connectivity index (χ1n) is 6.12. The van der Waals surface area contributed by atoms with Crippen molar-refractivity contribution in [2.45, 2.75) is 39.2 Å². The highest BCUT2D eigenvalue weighted by Gasteiger charge is 2.32. The van der Waals surface area contributed by atoms with Crippen molar-refractivity contribution in [1.82, 2.24) is 0 Å². The molecule has 0 amide bonds. The summed E-state index contributed by atoms with van der Waals surface area (Å²) < 4.78 is 13.5. The molecule has 0 aliphatic carbocycles. The Balaban J connectivity index is 3.05. The molecule has 0 fully saturated rings. The molecule has 3 heteroatoms. The van der Waals surface area contributed by atoms with Gasteiger partial charge in [-0.25, -0.2) is 4.39 Å². The summed E-state index contributed by atoms with van der Waals surface area (Å²) in [4.78, 5) is 0. The molecule has 0 spiro atoms. The Hall–Kier alpha value is -0.930. The first kappa shape index (κ1) is 14.1. The van der Waals surface area contributed by atoms with E-state index in [1.165, 1.54) is 6.07 Å². The lowest BCUT2D eigenvalue weighted by molar-refractivity contribution is -0.00653. The van der Waals surface area contributed by atoms with E-state index in [0.717, 1.165) is 12.8 Å². The van der Waals surface area contributed by atoms with Crippen LogP contribution in [-0.2, 0) is 5.60 Å². The van der Waals surface area contributed by atoms with Gasteiger partial charge in [0.2, 0.25) is 0 Å². The lowest BCUT2D eigenvalue weighted by atomic mass is 9.80. The number of hydrogen-bond donors (Lipinski definition) is 2. The predicted molar refractivity (Wildman–Crippen MR) is 68.2 cm³/mol. The normalized spacial score (nSPS) is 16.6. The van der Waals surface area contributed by atoms with Crippen molar-refractivity contribution in [1.29, 1.82) is 0 Å². The van der Waals surface area contributed by atoms with Gasteiger partial charge in [0.25, 0.3) is 0 Å². The maximum atomic E-state index is 13.5. The van der Waals surface area contributed by atoms with Crippen LogP contribution < -0.4 is 5.73 Å². The Labute approximate surface area is 103 Å². The molecule has 0 aromatic heterocycles. The van der Waals surface area contributed by atoms with Gasteiger partial charge in [-0.1, -0.05) is 25.5 Å². The SMILES string of the molecule is CCCC(CN)C(C)(O)c1ccc(C)c(F)c1. The van der Waals surface area contributed by atoms with Crippen LogP contribution in [0.4, 0.5) is 4.39 Å². The van der Waals surface area contributed by atoms with E-state index in [-0.39, 0.29) is 11.7 Å². The Morgan fingerprint density at radius 1 is 1.47 bits per heavy atom. The molecule has 0 heterocycles. The molecule has 2 unspecified atom stereocenters. The van der Waals surface area contributed by atoms with E-state index in [9.17, 15) is 9.50 Å². The summed E-state index contributed by atoms with van der Waals surface area (Å²) in [6.45, 7) is 5.87. The van der Waals surface area contributed by atoms with Gasteiger partial charge in [0.1, 0.15) is 5.82 Å². The minimum Gasteiger partial charge on any atom is -0.385 e. The number of halogens is 1. The van der Waals surface area contributed by atoms with Gasteiger partial charge < -0.3 is 10.8 Å². The zero-order valence-electron chi connectivity index (χ0n) is 10.8. The van der Waals surface area contributed by atoms with Crippen molar-refractivity contribution in [3.63, 3.8) is 0 Å². The second-order valence-electron chi connectivity index (χ2n) is 4.83. The second kappa shape index (κ2) is 5.61. The molecule has 0 bridgehead atoms. The van der Waals surface area contributed by atoms with Crippen LogP contribution in [-0.4, -0.2) is 11.7 Å². The smallest absolute Gasteiger partial charge is 0.126 e. The minimum absolute atomic E-state index is 0.0467. The number of aryl methyl sites for hydroxylation is 1. The van der Waals surface area contributed by atoms with Crippen LogP contribution in [0.25, 0.3) is 0 Å². The highest BCUT2D eigenvalue weighted by atomic mass is 19.1. The standard InChI is InChI=1S/C14H22FNO/c1-4-5-12(9-16)14(3,17)11-7-6-10(2)13(15)8-11/h6-8,12,17H,4-5,9,16H2,1-3H3. The molecular formula is C14H22FNO. The van der Waals surface area contributed by atoms with E-state index in [1.54, 1.807) is 26.0 Å². The molecule has 0 aliphatic heterocycles. The maximum absolute atomic E-state index is 13.5. The van der Waals surface area contributed by atoms with Gasteiger partial charge in [0.05, 0.1) is 5.60 Å². The molecule has 2 nitrogen and oxygen atoms in total. The molecule has 17 heavy (non-hydrogen) atoms. The van der Waals surface area contributed by atoms with Gasteiger partial charge in [0, 0.05) is 5.92 Å². The van der Waals surface area contributed by atoms with E-state index in [0.29, 0.717) is 17.7 Å². The molecule has 0 saturated carbocycles. The van der Waals surface area contributed by atoms with E-state index in [2.05, 4.69) is 6.92 Å². The van der Waals surface area contributed by atoms with Crippen LogP contribution in [0, 0.1) is 18.7 Å². The third-order valence-corrected chi connectivity index (χ3v) is 3.47. The fourth-order valence-corrected chi connectivity index (χ4v) is 2.12. The van der Waals surface area contributed by atoms with Crippen molar-refractivity contribution in [3.05, 3.63) is 35.1 Å². The number of aliphatic hydroxyl groups is 1. The molecule has 2 atom stereocenters. The summed E-state index contributed by atoms with van der Waals surface area (Å²) in [6, 6.07) is 4.88. The number of nitrogens with two attached hydrogens (primary N) is 1. The van der Waals surface area contributed by atoms with E-state index in [4.69, 9.17) is 5.73 Å². The van der Waals surface area contributed by atoms with Crippen LogP contribution in [0.15, 0.2) is 18.2 Å². The third kappa shape index (κ3) is 3.05. The molecule has 0 radical (unpaired) electrons. The quantitative estimate of drug-likeness (QED) is 0.830. The van der Waals surface area contributed by atoms with Gasteiger partial charge in [-0.05, 0) is 44.0 Å². The Morgan fingerprint density at radius 2 is 2.12 bits per heavy atom. The topological polar surface area (TPSA) is 46.2 Å². The lowest BCUT2D eigenvalue weighted by Crippen LogP contribution is -2.36. The summed E-state index contributed by atoms with van der Waals surface area (Å²) in [5.74, 6) is -0.329. The molecule has 0 aliphatic rings. The van der Waals surface area contributed by atoms with Crippen molar-refractivity contribution in [3.8, 4) is 0 Å². The molecule has 1 rings (SSSR count). The van der Waals surface area contributed by atoms with Gasteiger partial charge in [-0.2, -0.15) is 0 Å². The Bertz CT molecular complexity index is 376. The first-order chi connectivity index (χ1) is 7.93. The minimum atomic E-state index is -1.07. The molecule has 0 saturated heterocycles. The molecule has 3 N–H and O–H groups in total. The van der Waals surface area contributed by atoms with Gasteiger partial charge in [-0.15, -0.1) is 0 Å². The summed E-state index contributed by atoms with van der Waals surface area (Å²) in [5, 5.41) is 10.5. The summed E-state index contributed by atoms with van der Waals surface area (Å²) in [6.07, 6.45) is 1.78. The van der Waals surface area contributed by atoms with Crippen molar-refractivity contribution >= 4 is 0 Å². The van der Waals surface area contributed by atoms with Crippen LogP contribution in [0.5, 0.6) is 0 Å². The maximum Gasteiger partial charge on any atom is 0.126 e. The summed E-state index contributed by atoms with van der Waals surface area (Å²) >= 11 is 0. The first-order valence-corrected chi connectivity index (χ1v) is 6.12. The van der Waals surface area contributed by atoms with Crippen LogP contribution in [0.3, 0.4) is 0 Å². The summed E-state index contributed by atoms with van der Waals surface area (Å²) in [5.41, 5.74) is 5.82. The number of benzene rings is 1. The second-order valence-corrected chi connectivity index (χ2v) is 4.83. The van der Waals surface area contributed by atoms with E-state index < -0.39 is 5.60 Å². The third-order valence-electron chi connectivity index (χ3n) is 3.47. The average Bonchev–Trinajstić information content (AvgIpc) is 2.29. The molecule has 1 aromatic carbocycles. The van der Waals surface area contributed by atoms with Crippen molar-refractivity contribution in [2.24, 2.45) is 11.7 Å². The van der Waals surface area contributed by atoms with Crippen LogP contribution >= 0.6 is 0 Å². The number of rotatable bonds is 5. The summed E-state index contributed by atoms with van der Waals surface area (Å²) in [7, 11) is 0. The highest BCUT2D eigenvalue weighted by Crippen LogP contribution is 2.32. The van der Waals surface area contributed by atoms with Crippen molar-refractivity contribution < 1.29 is 9.50 Å².